The van der Waals surface area contributed by atoms with Gasteiger partial charge in [-0.2, -0.15) is 5.10 Å². The van der Waals surface area contributed by atoms with Crippen LogP contribution in [0, 0.1) is 6.92 Å². The van der Waals surface area contributed by atoms with Gasteiger partial charge in [-0.1, -0.05) is 0 Å². The van der Waals surface area contributed by atoms with E-state index in [1.165, 1.54) is 0 Å². The Morgan fingerprint density at radius 3 is 2.84 bits per heavy atom. The van der Waals surface area contributed by atoms with Crippen LogP contribution in [-0.2, 0) is 6.54 Å². The predicted octanol–water partition coefficient (Wildman–Crippen LogP) is 2.20. The Kier molecular flexibility index (Phi) is 3.84. The Bertz CT molecular complexity index is 623. The molecule has 2 rings (SSSR count). The first kappa shape index (κ1) is 13.5. The molecule has 0 aliphatic rings. The minimum absolute atomic E-state index is 0.212. The zero-order chi connectivity index (χ0) is 14.0. The number of pyridine rings is 1. The van der Waals surface area contributed by atoms with Crippen molar-refractivity contribution in [2.75, 3.05) is 11.1 Å². The summed E-state index contributed by atoms with van der Waals surface area (Å²) in [4.78, 5) is 16.3. The quantitative estimate of drug-likeness (QED) is 0.906. The van der Waals surface area contributed by atoms with Gasteiger partial charge in [-0.3, -0.25) is 9.48 Å². The fraction of sp³-hybridized carbons (Fsp3) is 0.250. The number of nitrogens with two attached hydrogens (primary N) is 1. The van der Waals surface area contributed by atoms with Crippen molar-refractivity contribution in [2.45, 2.75) is 20.4 Å². The van der Waals surface area contributed by atoms with E-state index in [1.807, 2.05) is 19.9 Å². The maximum Gasteiger partial charge on any atom is 0.279 e. The number of carbonyl (C=O) groups is 1. The monoisotopic (exact) mass is 323 g/mol. The molecule has 1 amide bonds. The maximum atomic E-state index is 12.0. The molecule has 19 heavy (non-hydrogen) atoms. The molecule has 0 atom stereocenters. The first-order valence-electron chi connectivity index (χ1n) is 5.78. The van der Waals surface area contributed by atoms with Gasteiger partial charge >= 0.3 is 0 Å². The second kappa shape index (κ2) is 5.40. The summed E-state index contributed by atoms with van der Waals surface area (Å²) in [6, 6.07) is 3.54. The Morgan fingerprint density at radius 1 is 1.53 bits per heavy atom. The molecule has 6 nitrogen and oxygen atoms in total. The summed E-state index contributed by atoms with van der Waals surface area (Å²) in [5.41, 5.74) is 7.12. The van der Waals surface area contributed by atoms with Gasteiger partial charge in [0.25, 0.3) is 5.91 Å². The van der Waals surface area contributed by atoms with Crippen LogP contribution in [0.1, 0.15) is 23.1 Å². The van der Waals surface area contributed by atoms with E-state index < -0.39 is 0 Å². The number of amides is 1. The average Bonchev–Trinajstić information content (AvgIpc) is 2.75. The second-order valence-corrected chi connectivity index (χ2v) is 4.86. The number of carbonyl (C=O) groups excluding carboxylic acids is 1. The van der Waals surface area contributed by atoms with Crippen molar-refractivity contribution in [2.24, 2.45) is 0 Å². The lowest BCUT2D eigenvalue weighted by Crippen LogP contribution is -2.15. The molecule has 0 spiro atoms. The topological polar surface area (TPSA) is 85.8 Å². The third-order valence-electron chi connectivity index (χ3n) is 2.59. The molecular weight excluding hydrogens is 310 g/mol. The summed E-state index contributed by atoms with van der Waals surface area (Å²) in [5.74, 6) is 0.107. The van der Waals surface area contributed by atoms with E-state index >= 15 is 0 Å². The van der Waals surface area contributed by atoms with Crippen molar-refractivity contribution in [3.63, 3.8) is 0 Å². The molecule has 3 N–H and O–H groups in total. The number of nitrogens with zero attached hydrogens (tertiary/aromatic N) is 3. The Labute approximate surface area is 119 Å². The maximum absolute atomic E-state index is 12.0. The van der Waals surface area contributed by atoms with Crippen molar-refractivity contribution in [3.8, 4) is 0 Å². The molecule has 7 heteroatoms. The molecule has 2 aromatic heterocycles. The molecule has 2 aromatic rings. The molecule has 0 bridgehead atoms. The zero-order valence-electron chi connectivity index (χ0n) is 10.6. The average molecular weight is 324 g/mol. The van der Waals surface area contributed by atoms with Gasteiger partial charge in [-0.05, 0) is 41.9 Å². The highest BCUT2D eigenvalue weighted by Crippen LogP contribution is 2.17. The van der Waals surface area contributed by atoms with Gasteiger partial charge in [0.2, 0.25) is 0 Å². The van der Waals surface area contributed by atoms with Crippen molar-refractivity contribution >= 4 is 33.3 Å². The van der Waals surface area contributed by atoms with Crippen molar-refractivity contribution in [1.82, 2.24) is 14.8 Å². The molecule has 0 aliphatic carbocycles. The van der Waals surface area contributed by atoms with Crippen molar-refractivity contribution < 1.29 is 4.79 Å². The van der Waals surface area contributed by atoms with E-state index in [0.717, 1.165) is 10.2 Å². The first-order chi connectivity index (χ1) is 9.01. The summed E-state index contributed by atoms with van der Waals surface area (Å²) < 4.78 is 2.50. The van der Waals surface area contributed by atoms with E-state index in [4.69, 9.17) is 5.73 Å². The highest BCUT2D eigenvalue weighted by atomic mass is 79.9. The largest absolute Gasteiger partial charge is 0.396 e. The van der Waals surface area contributed by atoms with Crippen LogP contribution in [0.25, 0.3) is 0 Å². The van der Waals surface area contributed by atoms with Crippen LogP contribution in [0.5, 0.6) is 0 Å². The van der Waals surface area contributed by atoms with Crippen LogP contribution < -0.4 is 11.1 Å². The number of hydrogen-bond donors (Lipinski definition) is 2. The molecule has 0 aliphatic heterocycles. The molecule has 0 saturated carbocycles. The Morgan fingerprint density at radius 2 is 2.26 bits per heavy atom. The van der Waals surface area contributed by atoms with Gasteiger partial charge in [0.1, 0.15) is 5.82 Å². The third kappa shape index (κ3) is 2.93. The number of rotatable bonds is 3. The van der Waals surface area contributed by atoms with Gasteiger partial charge < -0.3 is 11.1 Å². The van der Waals surface area contributed by atoms with Gasteiger partial charge in [-0.25, -0.2) is 4.98 Å². The van der Waals surface area contributed by atoms with Gasteiger partial charge in [0.15, 0.2) is 5.69 Å². The van der Waals surface area contributed by atoms with Crippen molar-refractivity contribution in [1.29, 1.82) is 0 Å². The predicted molar refractivity (Wildman–Crippen MR) is 76.9 cm³/mol. The number of nitrogen functional groups attached to an aromatic ring is 1. The fourth-order valence-electron chi connectivity index (χ4n) is 1.56. The zero-order valence-corrected chi connectivity index (χ0v) is 12.2. The van der Waals surface area contributed by atoms with Crippen LogP contribution in [0.2, 0.25) is 0 Å². The van der Waals surface area contributed by atoms with Crippen LogP contribution >= 0.6 is 15.9 Å². The highest BCUT2D eigenvalue weighted by molar-refractivity contribution is 9.10. The number of aryl methyl sites for hydroxylation is 2. The number of halogens is 1. The summed E-state index contributed by atoms with van der Waals surface area (Å²) in [7, 11) is 0. The molecule has 0 saturated heterocycles. The smallest absolute Gasteiger partial charge is 0.279 e. The van der Waals surface area contributed by atoms with E-state index in [-0.39, 0.29) is 11.6 Å². The molecule has 100 valence electrons. The normalized spacial score (nSPS) is 10.5. The summed E-state index contributed by atoms with van der Waals surface area (Å²) >= 11 is 3.35. The Balaban J connectivity index is 2.20. The standard InChI is InChI=1S/C12H14BrN5O/c1-3-18-6-9(14)11(17-18)12(19)16-10-5-4-8(13)7(2)15-10/h4-6H,3,14H2,1-2H3,(H,15,16,19). The molecule has 0 unspecified atom stereocenters. The summed E-state index contributed by atoms with van der Waals surface area (Å²) in [6.45, 7) is 4.43. The molecule has 0 radical (unpaired) electrons. The third-order valence-corrected chi connectivity index (χ3v) is 3.43. The van der Waals surface area contributed by atoms with E-state index in [1.54, 1.807) is 16.9 Å². The second-order valence-electron chi connectivity index (χ2n) is 4.01. The van der Waals surface area contributed by atoms with Gasteiger partial charge in [0, 0.05) is 17.2 Å². The van der Waals surface area contributed by atoms with Crippen LogP contribution in [0.4, 0.5) is 11.5 Å². The van der Waals surface area contributed by atoms with Gasteiger partial charge in [-0.15, -0.1) is 0 Å². The molecule has 2 heterocycles. The lowest BCUT2D eigenvalue weighted by molar-refractivity contribution is 0.102. The minimum Gasteiger partial charge on any atom is -0.396 e. The van der Waals surface area contributed by atoms with Crippen LogP contribution in [0.3, 0.4) is 0 Å². The van der Waals surface area contributed by atoms with E-state index in [9.17, 15) is 4.79 Å². The van der Waals surface area contributed by atoms with E-state index in [2.05, 4.69) is 31.3 Å². The number of nitrogens with one attached hydrogen (secondary N) is 1. The number of aromatic nitrogens is 3. The van der Waals surface area contributed by atoms with E-state index in [0.29, 0.717) is 18.1 Å². The minimum atomic E-state index is -0.362. The van der Waals surface area contributed by atoms with Crippen molar-refractivity contribution in [3.05, 3.63) is 34.2 Å². The lowest BCUT2D eigenvalue weighted by atomic mass is 10.3. The number of anilines is 2. The SMILES string of the molecule is CCn1cc(N)c(C(=O)Nc2ccc(Br)c(C)n2)n1. The summed E-state index contributed by atoms with van der Waals surface area (Å²) in [5, 5.41) is 6.78. The molecular formula is C12H14BrN5O. The molecule has 0 aromatic carbocycles. The number of hydrogen-bond acceptors (Lipinski definition) is 4. The Hall–Kier alpha value is -1.89. The summed E-state index contributed by atoms with van der Waals surface area (Å²) in [6.07, 6.45) is 1.63. The van der Waals surface area contributed by atoms with Gasteiger partial charge in [0.05, 0.1) is 11.4 Å². The highest BCUT2D eigenvalue weighted by Gasteiger charge is 2.15. The van der Waals surface area contributed by atoms with Crippen LogP contribution in [0.15, 0.2) is 22.8 Å². The lowest BCUT2D eigenvalue weighted by Gasteiger charge is -2.05. The van der Waals surface area contributed by atoms with Crippen LogP contribution in [-0.4, -0.2) is 20.7 Å². The first-order valence-corrected chi connectivity index (χ1v) is 6.58. The molecule has 0 fully saturated rings. The fourth-order valence-corrected chi connectivity index (χ4v) is 1.79.